The summed E-state index contributed by atoms with van der Waals surface area (Å²) in [5.74, 6) is 0.135. The third-order valence-corrected chi connectivity index (χ3v) is 4.57. The van der Waals surface area contributed by atoms with E-state index in [1.54, 1.807) is 0 Å². The zero-order valence-electron chi connectivity index (χ0n) is 13.6. The van der Waals surface area contributed by atoms with Gasteiger partial charge in [-0.2, -0.15) is 4.31 Å². The largest absolute Gasteiger partial charge is 0.355 e. The minimum atomic E-state index is -3.36. The number of nitrogens with zero attached hydrogens (tertiary/aromatic N) is 1. The van der Waals surface area contributed by atoms with Crippen molar-refractivity contribution >= 4 is 15.9 Å². The second-order valence-corrected chi connectivity index (χ2v) is 7.85. The molecule has 124 valence electrons. The first kappa shape index (κ1) is 18.6. The van der Waals surface area contributed by atoms with Crippen LogP contribution in [0.3, 0.4) is 0 Å². The minimum absolute atomic E-state index is 0.111. The molecule has 0 aliphatic rings. The van der Waals surface area contributed by atoms with Gasteiger partial charge in [0.05, 0.1) is 12.8 Å². The van der Waals surface area contributed by atoms with Crippen molar-refractivity contribution in [3.05, 3.63) is 35.9 Å². The maximum atomic E-state index is 11.9. The molecular formula is C16H26N2O3S. The first-order valence-electron chi connectivity index (χ1n) is 7.55. The van der Waals surface area contributed by atoms with Crippen LogP contribution in [0.4, 0.5) is 0 Å². The minimum Gasteiger partial charge on any atom is -0.355 e. The fraction of sp³-hybridized carbons (Fsp3) is 0.562. The number of amides is 1. The number of benzene rings is 1. The van der Waals surface area contributed by atoms with Crippen LogP contribution in [0.15, 0.2) is 30.3 Å². The molecular weight excluding hydrogens is 300 g/mol. The van der Waals surface area contributed by atoms with Crippen molar-refractivity contribution in [2.24, 2.45) is 5.92 Å². The second-order valence-electron chi connectivity index (χ2n) is 5.86. The second kappa shape index (κ2) is 8.90. The highest BCUT2D eigenvalue weighted by atomic mass is 32.2. The summed E-state index contributed by atoms with van der Waals surface area (Å²) in [6.07, 6.45) is 2.62. The van der Waals surface area contributed by atoms with Crippen LogP contribution in [0.1, 0.15) is 25.8 Å². The zero-order chi connectivity index (χ0) is 16.6. The number of rotatable bonds is 9. The van der Waals surface area contributed by atoms with Gasteiger partial charge in [0.1, 0.15) is 0 Å². The molecule has 0 saturated heterocycles. The predicted octanol–water partition coefficient (Wildman–Crippen LogP) is 1.65. The van der Waals surface area contributed by atoms with Gasteiger partial charge >= 0.3 is 0 Å². The molecule has 0 heterocycles. The molecule has 0 aromatic heterocycles. The molecule has 0 saturated carbocycles. The number of carbonyl (C=O) groups is 1. The molecule has 0 atom stereocenters. The van der Waals surface area contributed by atoms with Crippen molar-refractivity contribution in [1.29, 1.82) is 0 Å². The van der Waals surface area contributed by atoms with Gasteiger partial charge in [0.25, 0.3) is 0 Å². The lowest BCUT2D eigenvalue weighted by Crippen LogP contribution is -2.41. The molecule has 1 aromatic rings. The molecule has 1 rings (SSSR count). The van der Waals surface area contributed by atoms with Crippen LogP contribution in [-0.4, -0.2) is 44.5 Å². The highest BCUT2D eigenvalue weighted by Crippen LogP contribution is 2.05. The molecule has 5 nitrogen and oxygen atoms in total. The Balaban J connectivity index is 2.42. The van der Waals surface area contributed by atoms with Crippen LogP contribution >= 0.6 is 0 Å². The molecule has 0 unspecified atom stereocenters. The maximum absolute atomic E-state index is 11.9. The molecule has 1 aromatic carbocycles. The van der Waals surface area contributed by atoms with Crippen LogP contribution in [0, 0.1) is 5.92 Å². The quantitative estimate of drug-likeness (QED) is 0.750. The van der Waals surface area contributed by atoms with Crippen molar-refractivity contribution < 1.29 is 13.2 Å². The van der Waals surface area contributed by atoms with E-state index in [4.69, 9.17) is 0 Å². The SMILES string of the molecule is CC(C)CCN(CC(=O)NCCc1ccccc1)S(C)(=O)=O. The Morgan fingerprint density at radius 1 is 1.23 bits per heavy atom. The molecule has 0 bridgehead atoms. The lowest BCUT2D eigenvalue weighted by atomic mass is 10.1. The average Bonchev–Trinajstić information content (AvgIpc) is 2.43. The first-order valence-corrected chi connectivity index (χ1v) is 9.39. The van der Waals surface area contributed by atoms with Crippen LogP contribution in [0.5, 0.6) is 0 Å². The van der Waals surface area contributed by atoms with Crippen molar-refractivity contribution in [1.82, 2.24) is 9.62 Å². The molecule has 0 spiro atoms. The van der Waals surface area contributed by atoms with Gasteiger partial charge in [-0.3, -0.25) is 4.79 Å². The summed E-state index contributed by atoms with van der Waals surface area (Å²) in [7, 11) is -3.36. The first-order chi connectivity index (χ1) is 10.3. The van der Waals surface area contributed by atoms with Crippen molar-refractivity contribution in [2.45, 2.75) is 26.7 Å². The summed E-state index contributed by atoms with van der Waals surface area (Å²) in [4.78, 5) is 11.9. The van der Waals surface area contributed by atoms with Gasteiger partial charge in [0, 0.05) is 13.1 Å². The Morgan fingerprint density at radius 3 is 2.41 bits per heavy atom. The molecule has 1 N–H and O–H groups in total. The molecule has 0 fully saturated rings. The topological polar surface area (TPSA) is 66.5 Å². The fourth-order valence-corrected chi connectivity index (χ4v) is 2.76. The van der Waals surface area contributed by atoms with Crippen molar-refractivity contribution in [2.75, 3.05) is 25.9 Å². The predicted molar refractivity (Wildman–Crippen MR) is 89.0 cm³/mol. The van der Waals surface area contributed by atoms with Crippen molar-refractivity contribution in [3.63, 3.8) is 0 Å². The fourth-order valence-electron chi connectivity index (χ4n) is 1.97. The zero-order valence-corrected chi connectivity index (χ0v) is 14.4. The normalized spacial score (nSPS) is 11.9. The van der Waals surface area contributed by atoms with Gasteiger partial charge in [0.15, 0.2) is 0 Å². The summed E-state index contributed by atoms with van der Waals surface area (Å²) in [6, 6.07) is 9.85. The van der Waals surface area contributed by atoms with E-state index < -0.39 is 10.0 Å². The summed E-state index contributed by atoms with van der Waals surface area (Å²) >= 11 is 0. The Kier molecular flexibility index (Phi) is 7.55. The van der Waals surface area contributed by atoms with Crippen LogP contribution in [-0.2, 0) is 21.2 Å². The van der Waals surface area contributed by atoms with Gasteiger partial charge in [-0.05, 0) is 24.3 Å². The molecule has 0 aliphatic heterocycles. The Morgan fingerprint density at radius 2 is 1.86 bits per heavy atom. The standard InChI is InChI=1S/C16H26N2O3S/c1-14(2)10-12-18(22(3,20)21)13-16(19)17-11-9-15-7-5-4-6-8-15/h4-8,14H,9-13H2,1-3H3,(H,17,19). The van der Waals surface area contributed by atoms with Gasteiger partial charge in [-0.1, -0.05) is 44.2 Å². The Bertz CT molecular complexity index is 556. The van der Waals surface area contributed by atoms with E-state index in [1.165, 1.54) is 4.31 Å². The van der Waals surface area contributed by atoms with Gasteiger partial charge in [0.2, 0.25) is 15.9 Å². The number of nitrogens with one attached hydrogen (secondary N) is 1. The summed E-state index contributed by atoms with van der Waals surface area (Å²) in [6.45, 7) is 4.83. The average molecular weight is 326 g/mol. The molecule has 22 heavy (non-hydrogen) atoms. The monoisotopic (exact) mass is 326 g/mol. The van der Waals surface area contributed by atoms with Crippen LogP contribution in [0.2, 0.25) is 0 Å². The van der Waals surface area contributed by atoms with E-state index in [1.807, 2.05) is 44.2 Å². The highest BCUT2D eigenvalue weighted by Gasteiger charge is 2.19. The van der Waals surface area contributed by atoms with E-state index in [0.29, 0.717) is 19.0 Å². The van der Waals surface area contributed by atoms with Crippen LogP contribution in [0.25, 0.3) is 0 Å². The maximum Gasteiger partial charge on any atom is 0.235 e. The molecule has 1 amide bonds. The highest BCUT2D eigenvalue weighted by molar-refractivity contribution is 7.88. The lowest BCUT2D eigenvalue weighted by molar-refractivity contribution is -0.121. The van der Waals surface area contributed by atoms with E-state index >= 15 is 0 Å². The third kappa shape index (κ3) is 7.56. The van der Waals surface area contributed by atoms with Gasteiger partial charge < -0.3 is 5.32 Å². The third-order valence-electron chi connectivity index (χ3n) is 3.32. The summed E-state index contributed by atoms with van der Waals surface area (Å²) in [5, 5.41) is 2.78. The number of sulfonamides is 1. The van der Waals surface area contributed by atoms with E-state index in [0.717, 1.165) is 24.7 Å². The lowest BCUT2D eigenvalue weighted by Gasteiger charge is -2.20. The number of hydrogen-bond donors (Lipinski definition) is 1. The van der Waals surface area contributed by atoms with Crippen LogP contribution < -0.4 is 5.32 Å². The molecule has 0 aliphatic carbocycles. The number of hydrogen-bond acceptors (Lipinski definition) is 3. The smallest absolute Gasteiger partial charge is 0.235 e. The number of carbonyl (C=O) groups excluding carboxylic acids is 1. The van der Waals surface area contributed by atoms with Gasteiger partial charge in [-0.15, -0.1) is 0 Å². The Hall–Kier alpha value is -1.40. The van der Waals surface area contributed by atoms with E-state index in [2.05, 4.69) is 5.32 Å². The summed E-state index contributed by atoms with van der Waals surface area (Å²) < 4.78 is 24.7. The van der Waals surface area contributed by atoms with E-state index in [9.17, 15) is 13.2 Å². The Labute approximate surface area is 133 Å². The molecule has 6 heteroatoms. The molecule has 0 radical (unpaired) electrons. The summed E-state index contributed by atoms with van der Waals surface area (Å²) in [5.41, 5.74) is 1.14. The van der Waals surface area contributed by atoms with E-state index in [-0.39, 0.29) is 12.5 Å². The van der Waals surface area contributed by atoms with Crippen molar-refractivity contribution in [3.8, 4) is 0 Å². The van der Waals surface area contributed by atoms with Gasteiger partial charge in [-0.25, -0.2) is 8.42 Å².